The van der Waals surface area contributed by atoms with E-state index in [9.17, 15) is 0 Å². The minimum Gasteiger partial charge on any atom is -0.198 e. The first-order valence-electron chi connectivity index (χ1n) is 3.66. The molecule has 1 rings (SSSR count). The Morgan fingerprint density at radius 2 is 2.22 bits per heavy atom. The Morgan fingerprint density at radius 3 is 2.33 bits per heavy atom. The summed E-state index contributed by atoms with van der Waals surface area (Å²) < 4.78 is 0. The summed E-state index contributed by atoms with van der Waals surface area (Å²) in [5.74, 6) is 0.613. The van der Waals surface area contributed by atoms with Gasteiger partial charge in [-0.2, -0.15) is 5.26 Å². The van der Waals surface area contributed by atoms with E-state index in [1.807, 2.05) is 0 Å². The Hall–Kier alpha value is -0.510. The lowest BCUT2D eigenvalue weighted by molar-refractivity contribution is 0.407. The molecule has 0 spiro atoms. The van der Waals surface area contributed by atoms with Gasteiger partial charge in [-0.25, -0.2) is 0 Å². The van der Waals surface area contributed by atoms with Gasteiger partial charge in [0.05, 0.1) is 11.5 Å². The third kappa shape index (κ3) is 0.941. The van der Waals surface area contributed by atoms with Gasteiger partial charge in [0.1, 0.15) is 0 Å². The molecule has 50 valence electrons. The maximum Gasteiger partial charge on any atom is 0.0692 e. The zero-order chi connectivity index (χ0) is 6.91. The molecule has 1 heteroatoms. The highest BCUT2D eigenvalue weighted by Crippen LogP contribution is 2.52. The van der Waals surface area contributed by atoms with E-state index in [1.165, 1.54) is 0 Å². The van der Waals surface area contributed by atoms with E-state index >= 15 is 0 Å². The second kappa shape index (κ2) is 2.02. The average Bonchev–Trinajstić information content (AvgIpc) is 2.66. The van der Waals surface area contributed by atoms with Crippen LogP contribution in [-0.4, -0.2) is 0 Å². The van der Waals surface area contributed by atoms with Crippen LogP contribution < -0.4 is 0 Å². The van der Waals surface area contributed by atoms with Gasteiger partial charge in [0.2, 0.25) is 0 Å². The maximum atomic E-state index is 8.71. The fourth-order valence-electron chi connectivity index (χ4n) is 1.24. The lowest BCUT2D eigenvalue weighted by Gasteiger charge is -2.12. The molecule has 0 aromatic carbocycles. The van der Waals surface area contributed by atoms with Crippen LogP contribution in [0.15, 0.2) is 0 Å². The van der Waals surface area contributed by atoms with Crippen molar-refractivity contribution in [2.45, 2.75) is 33.1 Å². The van der Waals surface area contributed by atoms with Crippen molar-refractivity contribution in [1.29, 1.82) is 5.26 Å². The molecule has 1 atom stereocenters. The molecule has 0 heterocycles. The summed E-state index contributed by atoms with van der Waals surface area (Å²) in [7, 11) is 0. The summed E-state index contributed by atoms with van der Waals surface area (Å²) in [5, 5.41) is 8.71. The lowest BCUT2D eigenvalue weighted by atomic mass is 9.90. The molecule has 1 aliphatic carbocycles. The summed E-state index contributed by atoms with van der Waals surface area (Å²) in [5.41, 5.74) is 0.106. The van der Waals surface area contributed by atoms with Crippen molar-refractivity contribution < 1.29 is 0 Å². The zero-order valence-corrected chi connectivity index (χ0v) is 6.15. The molecule has 0 N–H and O–H groups in total. The predicted octanol–water partition coefficient (Wildman–Crippen LogP) is 2.34. The minimum atomic E-state index is 0.106. The largest absolute Gasteiger partial charge is 0.198 e. The van der Waals surface area contributed by atoms with Gasteiger partial charge >= 0.3 is 0 Å². The quantitative estimate of drug-likeness (QED) is 0.553. The van der Waals surface area contributed by atoms with E-state index in [4.69, 9.17) is 5.26 Å². The van der Waals surface area contributed by atoms with E-state index in [0.717, 1.165) is 19.3 Å². The average molecular weight is 123 g/mol. The first-order valence-corrected chi connectivity index (χ1v) is 3.66. The molecule has 0 aromatic rings. The molecule has 1 unspecified atom stereocenters. The molecule has 1 saturated carbocycles. The van der Waals surface area contributed by atoms with Gasteiger partial charge in [-0.1, -0.05) is 20.3 Å². The van der Waals surface area contributed by atoms with Crippen molar-refractivity contribution in [2.75, 3.05) is 0 Å². The lowest BCUT2D eigenvalue weighted by Crippen LogP contribution is -2.08. The molecule has 0 radical (unpaired) electrons. The van der Waals surface area contributed by atoms with Crippen molar-refractivity contribution in [3.63, 3.8) is 0 Å². The normalized spacial score (nSPS) is 24.6. The predicted molar refractivity (Wildman–Crippen MR) is 36.7 cm³/mol. The van der Waals surface area contributed by atoms with E-state index in [-0.39, 0.29) is 5.41 Å². The van der Waals surface area contributed by atoms with Gasteiger partial charge in [-0.3, -0.25) is 0 Å². The highest BCUT2D eigenvalue weighted by Gasteiger charge is 2.46. The molecule has 0 bridgehead atoms. The molecule has 0 saturated heterocycles. The summed E-state index contributed by atoms with van der Waals surface area (Å²) >= 11 is 0. The Balaban J connectivity index is 2.52. The smallest absolute Gasteiger partial charge is 0.0692 e. The maximum absolute atomic E-state index is 8.71. The van der Waals surface area contributed by atoms with Gasteiger partial charge in [0.15, 0.2) is 0 Å². The molecule has 1 aliphatic rings. The van der Waals surface area contributed by atoms with Crippen molar-refractivity contribution in [2.24, 2.45) is 11.3 Å². The molecule has 1 fully saturated rings. The highest BCUT2D eigenvalue weighted by molar-refractivity contribution is 5.11. The molecular weight excluding hydrogens is 110 g/mol. The zero-order valence-electron chi connectivity index (χ0n) is 6.15. The van der Waals surface area contributed by atoms with E-state index < -0.39 is 0 Å². The van der Waals surface area contributed by atoms with Crippen LogP contribution in [0.25, 0.3) is 0 Å². The number of hydrogen-bond acceptors (Lipinski definition) is 1. The Morgan fingerprint density at radius 1 is 1.67 bits per heavy atom. The van der Waals surface area contributed by atoms with Gasteiger partial charge < -0.3 is 0 Å². The third-order valence-electron chi connectivity index (χ3n) is 2.57. The van der Waals surface area contributed by atoms with Crippen molar-refractivity contribution in [1.82, 2.24) is 0 Å². The summed E-state index contributed by atoms with van der Waals surface area (Å²) in [4.78, 5) is 0. The van der Waals surface area contributed by atoms with Crippen LogP contribution in [0.2, 0.25) is 0 Å². The van der Waals surface area contributed by atoms with Crippen LogP contribution in [0.5, 0.6) is 0 Å². The van der Waals surface area contributed by atoms with Crippen molar-refractivity contribution in [3.05, 3.63) is 0 Å². The minimum absolute atomic E-state index is 0.106. The van der Waals surface area contributed by atoms with Crippen LogP contribution in [0.3, 0.4) is 0 Å². The molecule has 0 aliphatic heterocycles. The van der Waals surface area contributed by atoms with E-state index in [1.54, 1.807) is 0 Å². The monoisotopic (exact) mass is 123 g/mol. The first-order chi connectivity index (χ1) is 4.25. The Labute approximate surface area is 56.7 Å². The van der Waals surface area contributed by atoms with Crippen LogP contribution in [0, 0.1) is 22.7 Å². The number of rotatable bonds is 2. The van der Waals surface area contributed by atoms with Crippen molar-refractivity contribution in [3.8, 4) is 6.07 Å². The van der Waals surface area contributed by atoms with Gasteiger partial charge in [-0.05, 0) is 18.8 Å². The van der Waals surface area contributed by atoms with E-state index in [0.29, 0.717) is 5.92 Å². The van der Waals surface area contributed by atoms with Gasteiger partial charge in [0.25, 0.3) is 0 Å². The topological polar surface area (TPSA) is 23.8 Å². The Kier molecular flexibility index (Phi) is 1.48. The molecule has 9 heavy (non-hydrogen) atoms. The van der Waals surface area contributed by atoms with Crippen molar-refractivity contribution >= 4 is 0 Å². The fraction of sp³-hybridized carbons (Fsp3) is 0.875. The first kappa shape index (κ1) is 6.61. The number of hydrogen-bond donors (Lipinski definition) is 0. The molecular formula is C8H13N. The third-order valence-corrected chi connectivity index (χ3v) is 2.57. The standard InChI is InChI=1S/C8H13N/c1-3-7(2)8(6-9)4-5-8/h7H,3-5H2,1-2H3. The van der Waals surface area contributed by atoms with Gasteiger partial charge in [0, 0.05) is 0 Å². The summed E-state index contributed by atoms with van der Waals surface area (Å²) in [6.07, 6.45) is 3.42. The van der Waals surface area contributed by atoms with Crippen LogP contribution in [0.4, 0.5) is 0 Å². The van der Waals surface area contributed by atoms with E-state index in [2.05, 4.69) is 19.9 Å². The SMILES string of the molecule is CCC(C)C1(C#N)CC1. The number of nitriles is 1. The molecule has 0 aromatic heterocycles. The molecule has 0 amide bonds. The fourth-order valence-corrected chi connectivity index (χ4v) is 1.24. The van der Waals surface area contributed by atoms with Crippen LogP contribution >= 0.6 is 0 Å². The van der Waals surface area contributed by atoms with Crippen LogP contribution in [0.1, 0.15) is 33.1 Å². The number of nitrogens with zero attached hydrogens (tertiary/aromatic N) is 1. The highest BCUT2D eigenvalue weighted by atomic mass is 14.5. The van der Waals surface area contributed by atoms with Crippen LogP contribution in [-0.2, 0) is 0 Å². The molecule has 1 nitrogen and oxygen atoms in total. The summed E-state index contributed by atoms with van der Waals surface area (Å²) in [6, 6.07) is 2.40. The Bertz CT molecular complexity index is 139. The summed E-state index contributed by atoms with van der Waals surface area (Å²) in [6.45, 7) is 4.33. The second-order valence-corrected chi connectivity index (χ2v) is 3.08. The van der Waals surface area contributed by atoms with Gasteiger partial charge in [-0.15, -0.1) is 0 Å². The second-order valence-electron chi connectivity index (χ2n) is 3.08.